The van der Waals surface area contributed by atoms with Crippen LogP contribution in [-0.2, 0) is 0 Å². The molecule has 57 valence electrons. The fraction of sp³-hybridized carbons (Fsp3) is 0.250. The number of pyridine rings is 1. The van der Waals surface area contributed by atoms with Gasteiger partial charge in [0.1, 0.15) is 5.69 Å². The number of rotatable bonds is 1. The second-order valence-corrected chi connectivity index (χ2v) is 2.34. The molecular formula is C8H9N2O. The Hall–Kier alpha value is -1.38. The minimum Gasteiger partial charge on any atom is -0.343 e. The second-order valence-electron chi connectivity index (χ2n) is 2.34. The van der Waals surface area contributed by atoms with E-state index in [1.165, 1.54) is 11.1 Å². The summed E-state index contributed by atoms with van der Waals surface area (Å²) in [6.07, 6.45) is 1.48. The zero-order valence-corrected chi connectivity index (χ0v) is 6.53. The van der Waals surface area contributed by atoms with Crippen LogP contribution < -0.4 is 0 Å². The topological polar surface area (TPSA) is 33.2 Å². The average Bonchev–Trinajstić information content (AvgIpc) is 2.05. The standard InChI is InChI=1S/C8H9N2O/c1-10(2)8(11)7-5-3-4-6-9-7/h3,5-6H,1-2H3. The molecular weight excluding hydrogens is 140 g/mol. The first-order valence-corrected chi connectivity index (χ1v) is 3.25. The Kier molecular flexibility index (Phi) is 2.21. The van der Waals surface area contributed by atoms with Gasteiger partial charge in [-0.1, -0.05) is 6.07 Å². The number of hydrogen-bond acceptors (Lipinski definition) is 2. The van der Waals surface area contributed by atoms with Crippen LogP contribution >= 0.6 is 0 Å². The zero-order valence-electron chi connectivity index (χ0n) is 6.53. The molecule has 1 amide bonds. The van der Waals surface area contributed by atoms with Crippen LogP contribution in [0.2, 0.25) is 0 Å². The van der Waals surface area contributed by atoms with E-state index in [-0.39, 0.29) is 5.91 Å². The molecule has 1 radical (unpaired) electrons. The summed E-state index contributed by atoms with van der Waals surface area (Å²) in [5, 5.41) is 0. The smallest absolute Gasteiger partial charge is 0.271 e. The lowest BCUT2D eigenvalue weighted by molar-refractivity contribution is 0.0822. The molecule has 3 heteroatoms. The van der Waals surface area contributed by atoms with Gasteiger partial charge in [-0.05, 0) is 6.07 Å². The van der Waals surface area contributed by atoms with Crippen LogP contribution in [0.1, 0.15) is 10.5 Å². The van der Waals surface area contributed by atoms with Gasteiger partial charge in [0.15, 0.2) is 0 Å². The van der Waals surface area contributed by atoms with Crippen molar-refractivity contribution in [1.82, 2.24) is 9.88 Å². The molecule has 0 atom stereocenters. The predicted molar refractivity (Wildman–Crippen MR) is 41.1 cm³/mol. The van der Waals surface area contributed by atoms with Gasteiger partial charge in [0, 0.05) is 26.4 Å². The summed E-state index contributed by atoms with van der Waals surface area (Å²) in [4.78, 5) is 16.5. The number of aromatic nitrogens is 1. The Morgan fingerprint density at radius 2 is 2.36 bits per heavy atom. The van der Waals surface area contributed by atoms with Crippen LogP contribution in [0.5, 0.6) is 0 Å². The maximum atomic E-state index is 11.2. The number of hydrogen-bond donors (Lipinski definition) is 0. The molecule has 1 aromatic heterocycles. The van der Waals surface area contributed by atoms with Crippen molar-refractivity contribution in [3.05, 3.63) is 30.1 Å². The van der Waals surface area contributed by atoms with Gasteiger partial charge in [0.25, 0.3) is 5.91 Å². The van der Waals surface area contributed by atoms with Crippen LogP contribution in [-0.4, -0.2) is 29.9 Å². The largest absolute Gasteiger partial charge is 0.343 e. The van der Waals surface area contributed by atoms with Crippen molar-refractivity contribution in [3.63, 3.8) is 0 Å². The molecule has 0 N–H and O–H groups in total. The SMILES string of the molecule is CN(C)C(=O)c1cc[c]cn1. The summed E-state index contributed by atoms with van der Waals surface area (Å²) in [6, 6.07) is 6.06. The van der Waals surface area contributed by atoms with E-state index in [0.29, 0.717) is 5.69 Å². The third-order valence-corrected chi connectivity index (χ3v) is 1.24. The fourth-order valence-electron chi connectivity index (χ4n) is 0.676. The highest BCUT2D eigenvalue weighted by Gasteiger charge is 2.06. The van der Waals surface area contributed by atoms with E-state index in [9.17, 15) is 4.79 Å². The molecule has 0 bridgehead atoms. The second kappa shape index (κ2) is 3.14. The first kappa shape index (κ1) is 7.72. The third-order valence-electron chi connectivity index (χ3n) is 1.24. The summed E-state index contributed by atoms with van der Waals surface area (Å²) in [6.45, 7) is 0. The number of carbonyl (C=O) groups is 1. The molecule has 0 saturated carbocycles. The van der Waals surface area contributed by atoms with Crippen LogP contribution in [0, 0.1) is 6.07 Å². The van der Waals surface area contributed by atoms with Crippen LogP contribution in [0.4, 0.5) is 0 Å². The monoisotopic (exact) mass is 149 g/mol. The van der Waals surface area contributed by atoms with E-state index in [1.807, 2.05) is 0 Å². The van der Waals surface area contributed by atoms with Crippen LogP contribution in [0.3, 0.4) is 0 Å². The Bertz CT molecular complexity index is 244. The maximum absolute atomic E-state index is 11.2. The molecule has 0 fully saturated rings. The lowest BCUT2D eigenvalue weighted by atomic mass is 10.3. The van der Waals surface area contributed by atoms with Crippen LogP contribution in [0.25, 0.3) is 0 Å². The molecule has 0 aliphatic carbocycles. The molecule has 0 aliphatic heterocycles. The van der Waals surface area contributed by atoms with E-state index < -0.39 is 0 Å². The van der Waals surface area contributed by atoms with Crippen molar-refractivity contribution in [3.8, 4) is 0 Å². The number of amides is 1. The molecule has 1 aromatic rings. The number of nitrogens with zero attached hydrogens (tertiary/aromatic N) is 2. The Morgan fingerprint density at radius 3 is 2.82 bits per heavy atom. The quantitative estimate of drug-likeness (QED) is 0.585. The van der Waals surface area contributed by atoms with Crippen molar-refractivity contribution in [2.75, 3.05) is 14.1 Å². The minimum atomic E-state index is -0.0843. The summed E-state index contributed by atoms with van der Waals surface area (Å²) in [7, 11) is 3.39. The Balaban J connectivity index is 2.86. The normalized spacial score (nSPS) is 9.27. The van der Waals surface area contributed by atoms with Gasteiger partial charge >= 0.3 is 0 Å². The Morgan fingerprint density at radius 1 is 1.64 bits per heavy atom. The van der Waals surface area contributed by atoms with E-state index >= 15 is 0 Å². The van der Waals surface area contributed by atoms with Gasteiger partial charge in [-0.2, -0.15) is 0 Å². The molecule has 11 heavy (non-hydrogen) atoms. The third kappa shape index (κ3) is 1.77. The van der Waals surface area contributed by atoms with Gasteiger partial charge < -0.3 is 4.90 Å². The zero-order chi connectivity index (χ0) is 8.27. The molecule has 1 heterocycles. The summed E-state index contributed by atoms with van der Waals surface area (Å²) in [5.74, 6) is -0.0843. The summed E-state index contributed by atoms with van der Waals surface area (Å²) in [5.41, 5.74) is 0.453. The van der Waals surface area contributed by atoms with Gasteiger partial charge in [0.05, 0.1) is 0 Å². The van der Waals surface area contributed by atoms with E-state index in [0.717, 1.165) is 0 Å². The lowest BCUT2D eigenvalue weighted by Crippen LogP contribution is -2.22. The molecule has 0 aromatic carbocycles. The number of carbonyl (C=O) groups excluding carboxylic acids is 1. The van der Waals surface area contributed by atoms with E-state index in [1.54, 1.807) is 26.2 Å². The van der Waals surface area contributed by atoms with Gasteiger partial charge in [-0.25, -0.2) is 0 Å². The minimum absolute atomic E-state index is 0.0843. The van der Waals surface area contributed by atoms with Gasteiger partial charge in [-0.15, -0.1) is 0 Å². The molecule has 3 nitrogen and oxygen atoms in total. The van der Waals surface area contributed by atoms with Gasteiger partial charge in [0.2, 0.25) is 0 Å². The van der Waals surface area contributed by atoms with Crippen molar-refractivity contribution in [1.29, 1.82) is 0 Å². The molecule has 0 saturated heterocycles. The molecule has 0 aliphatic rings. The predicted octanol–water partition coefficient (Wildman–Crippen LogP) is 0.584. The van der Waals surface area contributed by atoms with Crippen molar-refractivity contribution in [2.24, 2.45) is 0 Å². The first-order chi connectivity index (χ1) is 5.22. The lowest BCUT2D eigenvalue weighted by Gasteiger charge is -2.07. The van der Waals surface area contributed by atoms with Crippen molar-refractivity contribution in [2.45, 2.75) is 0 Å². The van der Waals surface area contributed by atoms with Crippen molar-refractivity contribution >= 4 is 5.91 Å². The highest BCUT2D eigenvalue weighted by Crippen LogP contribution is 1.95. The molecule has 1 rings (SSSR count). The summed E-state index contributed by atoms with van der Waals surface area (Å²) >= 11 is 0. The Labute approximate surface area is 65.7 Å². The average molecular weight is 149 g/mol. The van der Waals surface area contributed by atoms with Crippen LogP contribution in [0.15, 0.2) is 18.3 Å². The highest BCUT2D eigenvalue weighted by atomic mass is 16.2. The van der Waals surface area contributed by atoms with E-state index in [2.05, 4.69) is 11.1 Å². The maximum Gasteiger partial charge on any atom is 0.271 e. The summed E-state index contributed by atoms with van der Waals surface area (Å²) < 4.78 is 0. The highest BCUT2D eigenvalue weighted by molar-refractivity contribution is 5.91. The van der Waals surface area contributed by atoms with Crippen molar-refractivity contribution < 1.29 is 4.79 Å². The molecule has 0 unspecified atom stereocenters. The molecule has 0 spiro atoms. The fourth-order valence-corrected chi connectivity index (χ4v) is 0.676. The van der Waals surface area contributed by atoms with Gasteiger partial charge in [-0.3, -0.25) is 9.78 Å². The van der Waals surface area contributed by atoms with E-state index in [4.69, 9.17) is 0 Å². The first-order valence-electron chi connectivity index (χ1n) is 3.25.